The van der Waals surface area contributed by atoms with Crippen molar-refractivity contribution in [2.24, 2.45) is 11.7 Å². The number of hydrogen-bond donors (Lipinski definition) is 1. The van der Waals surface area contributed by atoms with Gasteiger partial charge in [0.15, 0.2) is 0 Å². The van der Waals surface area contributed by atoms with Gasteiger partial charge in [-0.15, -0.1) is 0 Å². The van der Waals surface area contributed by atoms with Crippen molar-refractivity contribution in [1.82, 2.24) is 19.6 Å². The van der Waals surface area contributed by atoms with Crippen LogP contribution in [0.15, 0.2) is 18.2 Å². The molecule has 2 N–H and O–H groups in total. The molecule has 1 aromatic carbocycles. The van der Waals surface area contributed by atoms with Gasteiger partial charge in [0.1, 0.15) is 0 Å². The molecule has 0 spiro atoms. The van der Waals surface area contributed by atoms with Crippen molar-refractivity contribution in [2.45, 2.75) is 43.6 Å². The van der Waals surface area contributed by atoms with Gasteiger partial charge in [-0.1, -0.05) is 29.3 Å². The first-order valence-corrected chi connectivity index (χ1v) is 13.3. The first kappa shape index (κ1) is 24.2. The quantitative estimate of drug-likeness (QED) is 0.615. The lowest BCUT2D eigenvalue weighted by atomic mass is 9.71. The summed E-state index contributed by atoms with van der Waals surface area (Å²) in [6.07, 6.45) is 4.94. The van der Waals surface area contributed by atoms with Gasteiger partial charge in [0.05, 0.1) is 10.0 Å². The van der Waals surface area contributed by atoms with Gasteiger partial charge in [-0.2, -0.15) is 0 Å². The fraction of sp³-hybridized carbons (Fsp3) is 0.680. The first-order chi connectivity index (χ1) is 16.3. The molecule has 9 heteroatoms. The Labute approximate surface area is 212 Å². The monoisotopic (exact) mass is 507 g/mol. The van der Waals surface area contributed by atoms with Gasteiger partial charge in [-0.3, -0.25) is 9.69 Å². The van der Waals surface area contributed by atoms with E-state index in [0.717, 1.165) is 71.7 Å². The summed E-state index contributed by atoms with van der Waals surface area (Å²) in [5.41, 5.74) is 6.53. The zero-order valence-corrected chi connectivity index (χ0v) is 21.2. The molecule has 3 heterocycles. The lowest BCUT2D eigenvalue weighted by Crippen LogP contribution is -2.64. The van der Waals surface area contributed by atoms with E-state index in [1.54, 1.807) is 4.90 Å². The van der Waals surface area contributed by atoms with Gasteiger partial charge in [-0.25, -0.2) is 4.79 Å². The first-order valence-electron chi connectivity index (χ1n) is 12.6. The molecule has 1 atom stereocenters. The summed E-state index contributed by atoms with van der Waals surface area (Å²) in [6, 6.07) is 6.26. The molecule has 1 saturated carbocycles. The van der Waals surface area contributed by atoms with Gasteiger partial charge in [0.2, 0.25) is 5.91 Å². The second kappa shape index (κ2) is 9.84. The number of primary amides is 1. The second-order valence-electron chi connectivity index (χ2n) is 10.7. The van der Waals surface area contributed by atoms with Crippen LogP contribution in [0.1, 0.15) is 37.7 Å². The predicted molar refractivity (Wildman–Crippen MR) is 134 cm³/mol. The van der Waals surface area contributed by atoms with Crippen LogP contribution in [0.5, 0.6) is 0 Å². The Hall–Kier alpha value is -1.54. The Morgan fingerprint density at radius 1 is 1.09 bits per heavy atom. The highest BCUT2D eigenvalue weighted by atomic mass is 35.5. The molecule has 34 heavy (non-hydrogen) atoms. The highest BCUT2D eigenvalue weighted by Crippen LogP contribution is 2.42. The Bertz CT molecular complexity index is 928. The molecule has 3 aliphatic heterocycles. The van der Waals surface area contributed by atoms with Gasteiger partial charge >= 0.3 is 6.03 Å². The third-order valence-corrected chi connectivity index (χ3v) is 9.10. The van der Waals surface area contributed by atoms with Gasteiger partial charge in [-0.05, 0) is 55.8 Å². The predicted octanol–water partition coefficient (Wildman–Crippen LogP) is 3.03. The maximum absolute atomic E-state index is 12.7. The van der Waals surface area contributed by atoms with Crippen molar-refractivity contribution >= 4 is 35.1 Å². The van der Waals surface area contributed by atoms with Crippen LogP contribution in [0.25, 0.3) is 0 Å². The number of piperidine rings is 1. The number of amides is 3. The minimum atomic E-state index is -0.316. The molecular weight excluding hydrogens is 473 g/mol. The Balaban J connectivity index is 1.22. The van der Waals surface area contributed by atoms with Crippen LogP contribution < -0.4 is 5.73 Å². The average molecular weight is 508 g/mol. The summed E-state index contributed by atoms with van der Waals surface area (Å²) < 4.78 is 0. The number of halogens is 2. The number of hydrogen-bond acceptors (Lipinski definition) is 4. The fourth-order valence-corrected chi connectivity index (χ4v) is 6.16. The molecule has 4 fully saturated rings. The smallest absolute Gasteiger partial charge is 0.314 e. The average Bonchev–Trinajstić information content (AvgIpc) is 3.61. The minimum Gasteiger partial charge on any atom is -0.351 e. The van der Waals surface area contributed by atoms with E-state index in [4.69, 9.17) is 28.9 Å². The van der Waals surface area contributed by atoms with Crippen LogP contribution in [0.4, 0.5) is 4.79 Å². The second-order valence-corrected chi connectivity index (χ2v) is 11.5. The number of nitrogens with two attached hydrogens (primary N) is 1. The normalized spacial score (nSPS) is 27.2. The molecule has 1 aromatic rings. The molecule has 5 rings (SSSR count). The minimum absolute atomic E-state index is 0.0881. The number of urea groups is 1. The summed E-state index contributed by atoms with van der Waals surface area (Å²) >= 11 is 12.7. The lowest BCUT2D eigenvalue weighted by Gasteiger charge is -2.50. The van der Waals surface area contributed by atoms with E-state index >= 15 is 0 Å². The third kappa shape index (κ3) is 5.18. The Kier molecular flexibility index (Phi) is 7.00. The zero-order chi connectivity index (χ0) is 23.9. The van der Waals surface area contributed by atoms with Crippen molar-refractivity contribution < 1.29 is 9.59 Å². The Morgan fingerprint density at radius 2 is 1.82 bits per heavy atom. The van der Waals surface area contributed by atoms with Crippen molar-refractivity contribution in [3.63, 3.8) is 0 Å². The van der Waals surface area contributed by atoms with Crippen LogP contribution in [-0.2, 0) is 10.2 Å². The number of rotatable bonds is 7. The van der Waals surface area contributed by atoms with E-state index in [2.05, 4.69) is 20.8 Å². The third-order valence-electron chi connectivity index (χ3n) is 8.36. The molecule has 1 aliphatic carbocycles. The number of nitrogens with zero attached hydrogens (tertiary/aromatic N) is 4. The van der Waals surface area contributed by atoms with Crippen LogP contribution in [0.3, 0.4) is 0 Å². The van der Waals surface area contributed by atoms with E-state index in [1.807, 2.05) is 12.1 Å². The Morgan fingerprint density at radius 3 is 2.47 bits per heavy atom. The molecular formula is C25H35Cl2N5O2. The van der Waals surface area contributed by atoms with E-state index < -0.39 is 0 Å². The van der Waals surface area contributed by atoms with Crippen LogP contribution >= 0.6 is 23.2 Å². The number of carbonyl (C=O) groups is 2. The van der Waals surface area contributed by atoms with Crippen molar-refractivity contribution in [2.75, 3.05) is 58.9 Å². The molecule has 4 aliphatic rings. The van der Waals surface area contributed by atoms with Crippen LogP contribution in [0, 0.1) is 5.92 Å². The summed E-state index contributed by atoms with van der Waals surface area (Å²) in [7, 11) is 0. The highest BCUT2D eigenvalue weighted by Gasteiger charge is 2.43. The highest BCUT2D eigenvalue weighted by molar-refractivity contribution is 6.42. The van der Waals surface area contributed by atoms with Gasteiger partial charge < -0.3 is 20.4 Å². The van der Waals surface area contributed by atoms with Gasteiger partial charge in [0, 0.05) is 70.2 Å². The standard InChI is InChI=1S/C25H35Cl2N5O2/c26-21-4-3-19(13-22(21)27)25(6-5-23(33)32(17-25)14-18-1-2-18)7-8-29-15-20(16-29)30-9-11-31(12-10-30)24(28)34/h3-4,13,18,20H,1-2,5-12,14-17H2,(H2,28,34)/t25-/m1/s1. The van der Waals surface area contributed by atoms with E-state index in [0.29, 0.717) is 34.3 Å². The molecule has 3 amide bonds. The zero-order valence-electron chi connectivity index (χ0n) is 19.7. The molecule has 0 unspecified atom stereocenters. The molecule has 0 aromatic heterocycles. The largest absolute Gasteiger partial charge is 0.351 e. The van der Waals surface area contributed by atoms with E-state index in [9.17, 15) is 9.59 Å². The van der Waals surface area contributed by atoms with Crippen LogP contribution in [0.2, 0.25) is 10.0 Å². The maximum Gasteiger partial charge on any atom is 0.314 e. The van der Waals surface area contributed by atoms with E-state index in [1.165, 1.54) is 18.4 Å². The SMILES string of the molecule is NC(=O)N1CCN(C2CN(CC[C@]3(c4ccc(Cl)c(Cl)c4)CCC(=O)N(CC4CC4)C3)C2)CC1. The summed E-state index contributed by atoms with van der Waals surface area (Å²) in [5.74, 6) is 0.974. The summed E-state index contributed by atoms with van der Waals surface area (Å²) in [5, 5.41) is 1.16. The number of likely N-dealkylation sites (tertiary alicyclic amines) is 2. The number of piperazine rings is 1. The topological polar surface area (TPSA) is 73.1 Å². The number of benzene rings is 1. The molecule has 186 valence electrons. The van der Waals surface area contributed by atoms with Crippen molar-refractivity contribution in [3.05, 3.63) is 33.8 Å². The van der Waals surface area contributed by atoms with Crippen molar-refractivity contribution in [3.8, 4) is 0 Å². The number of carbonyl (C=O) groups excluding carboxylic acids is 2. The molecule has 7 nitrogen and oxygen atoms in total. The van der Waals surface area contributed by atoms with Crippen molar-refractivity contribution in [1.29, 1.82) is 0 Å². The molecule has 0 radical (unpaired) electrons. The van der Waals surface area contributed by atoms with E-state index in [-0.39, 0.29) is 11.4 Å². The lowest BCUT2D eigenvalue weighted by molar-refractivity contribution is -0.136. The maximum atomic E-state index is 12.7. The summed E-state index contributed by atoms with van der Waals surface area (Å²) in [4.78, 5) is 32.9. The molecule has 0 bridgehead atoms. The summed E-state index contributed by atoms with van der Waals surface area (Å²) in [6.45, 7) is 8.01. The fourth-order valence-electron chi connectivity index (χ4n) is 5.86. The van der Waals surface area contributed by atoms with Gasteiger partial charge in [0.25, 0.3) is 0 Å². The molecule has 3 saturated heterocycles. The van der Waals surface area contributed by atoms with Crippen LogP contribution in [-0.4, -0.2) is 96.5 Å².